The molecule has 20 heavy (non-hydrogen) atoms. The van der Waals surface area contributed by atoms with E-state index in [4.69, 9.17) is 0 Å². The molecule has 4 nitrogen and oxygen atoms in total. The summed E-state index contributed by atoms with van der Waals surface area (Å²) in [4.78, 5) is 10.5. The molecule has 1 aromatic carbocycles. The molecule has 2 rings (SSSR count). The van der Waals surface area contributed by atoms with Crippen LogP contribution in [-0.2, 0) is 0 Å². The maximum Gasteiger partial charge on any atom is 0.295 e. The first-order valence-corrected chi connectivity index (χ1v) is 7.10. The van der Waals surface area contributed by atoms with E-state index < -0.39 is 10.7 Å². The standard InChI is InChI=1S/C15H21FN2O2/c1-11-8-13(14(18(19)20)9-12(11)16)17-10-15(2)6-4-3-5-7-15/h8-9,17H,3-7,10H2,1-2H3. The lowest BCUT2D eigenvalue weighted by molar-refractivity contribution is -0.384. The molecule has 1 N–H and O–H groups in total. The first-order valence-electron chi connectivity index (χ1n) is 7.10. The number of nitrogens with one attached hydrogen (secondary N) is 1. The minimum absolute atomic E-state index is 0.175. The lowest BCUT2D eigenvalue weighted by Gasteiger charge is -2.34. The zero-order chi connectivity index (χ0) is 14.8. The largest absolute Gasteiger partial charge is 0.379 e. The molecule has 0 amide bonds. The number of halogens is 1. The van der Waals surface area contributed by atoms with Crippen LogP contribution < -0.4 is 5.32 Å². The minimum atomic E-state index is -0.536. The quantitative estimate of drug-likeness (QED) is 0.656. The Balaban J connectivity index is 2.16. The predicted molar refractivity (Wildman–Crippen MR) is 77.5 cm³/mol. The monoisotopic (exact) mass is 280 g/mol. The van der Waals surface area contributed by atoms with E-state index >= 15 is 0 Å². The van der Waals surface area contributed by atoms with Crippen molar-refractivity contribution in [2.75, 3.05) is 11.9 Å². The lowest BCUT2D eigenvalue weighted by Crippen LogP contribution is -2.29. The van der Waals surface area contributed by atoms with Gasteiger partial charge in [0.05, 0.1) is 11.0 Å². The van der Waals surface area contributed by atoms with E-state index in [1.807, 2.05) is 0 Å². The Hall–Kier alpha value is -1.65. The van der Waals surface area contributed by atoms with Gasteiger partial charge in [-0.2, -0.15) is 0 Å². The van der Waals surface area contributed by atoms with Crippen LogP contribution in [0.5, 0.6) is 0 Å². The van der Waals surface area contributed by atoms with Crippen LogP contribution in [0.25, 0.3) is 0 Å². The number of aryl methyl sites for hydroxylation is 1. The number of hydrogen-bond acceptors (Lipinski definition) is 3. The van der Waals surface area contributed by atoms with Crippen molar-refractivity contribution >= 4 is 11.4 Å². The molecule has 0 bridgehead atoms. The van der Waals surface area contributed by atoms with Gasteiger partial charge in [-0.1, -0.05) is 26.2 Å². The van der Waals surface area contributed by atoms with E-state index in [0.717, 1.165) is 18.9 Å². The van der Waals surface area contributed by atoms with Gasteiger partial charge in [0.25, 0.3) is 5.69 Å². The molecule has 0 saturated heterocycles. The van der Waals surface area contributed by atoms with Gasteiger partial charge in [0.2, 0.25) is 0 Å². The van der Waals surface area contributed by atoms with Crippen LogP contribution in [0.1, 0.15) is 44.6 Å². The molecule has 0 heterocycles. The Labute approximate surface area is 118 Å². The van der Waals surface area contributed by atoms with Crippen LogP contribution >= 0.6 is 0 Å². The molecule has 0 radical (unpaired) electrons. The van der Waals surface area contributed by atoms with Crippen molar-refractivity contribution in [1.29, 1.82) is 0 Å². The third-order valence-corrected chi connectivity index (χ3v) is 4.24. The van der Waals surface area contributed by atoms with Crippen molar-refractivity contribution in [2.45, 2.75) is 46.0 Å². The van der Waals surface area contributed by atoms with Crippen LogP contribution in [0.4, 0.5) is 15.8 Å². The van der Waals surface area contributed by atoms with Crippen LogP contribution in [0.3, 0.4) is 0 Å². The molecule has 0 atom stereocenters. The molecule has 1 fully saturated rings. The third-order valence-electron chi connectivity index (χ3n) is 4.24. The summed E-state index contributed by atoms with van der Waals surface area (Å²) >= 11 is 0. The zero-order valence-corrected chi connectivity index (χ0v) is 12.0. The predicted octanol–water partition coefficient (Wildman–Crippen LogP) is 4.42. The van der Waals surface area contributed by atoms with Gasteiger partial charge >= 0.3 is 0 Å². The number of benzene rings is 1. The SMILES string of the molecule is Cc1cc(NCC2(C)CCCCC2)c([N+](=O)[O-])cc1F. The lowest BCUT2D eigenvalue weighted by atomic mass is 9.75. The van der Waals surface area contributed by atoms with E-state index in [9.17, 15) is 14.5 Å². The average Bonchev–Trinajstić information content (AvgIpc) is 2.40. The molecule has 0 aliphatic heterocycles. The molecule has 1 saturated carbocycles. The molecular formula is C15H21FN2O2. The smallest absolute Gasteiger partial charge is 0.295 e. The maximum absolute atomic E-state index is 13.5. The molecule has 5 heteroatoms. The van der Waals surface area contributed by atoms with Crippen LogP contribution in [-0.4, -0.2) is 11.5 Å². The van der Waals surface area contributed by atoms with Gasteiger partial charge in [-0.3, -0.25) is 10.1 Å². The van der Waals surface area contributed by atoms with Crippen molar-refractivity contribution in [3.8, 4) is 0 Å². The minimum Gasteiger partial charge on any atom is -0.379 e. The summed E-state index contributed by atoms with van der Waals surface area (Å²) in [6.07, 6.45) is 5.96. The number of rotatable bonds is 4. The molecule has 1 aliphatic rings. The van der Waals surface area contributed by atoms with Crippen LogP contribution in [0, 0.1) is 28.3 Å². The van der Waals surface area contributed by atoms with Gasteiger partial charge in [0.15, 0.2) is 0 Å². The average molecular weight is 280 g/mol. The Morgan fingerprint density at radius 1 is 1.35 bits per heavy atom. The molecule has 1 aromatic rings. The Bertz CT molecular complexity index is 511. The second kappa shape index (κ2) is 5.77. The highest BCUT2D eigenvalue weighted by Crippen LogP contribution is 2.37. The molecule has 0 spiro atoms. The maximum atomic E-state index is 13.5. The molecule has 110 valence electrons. The normalized spacial score (nSPS) is 17.8. The summed E-state index contributed by atoms with van der Waals surface area (Å²) in [5.74, 6) is -0.536. The number of hydrogen-bond donors (Lipinski definition) is 1. The van der Waals surface area contributed by atoms with E-state index in [-0.39, 0.29) is 11.1 Å². The van der Waals surface area contributed by atoms with Crippen molar-refractivity contribution in [2.24, 2.45) is 5.41 Å². The summed E-state index contributed by atoms with van der Waals surface area (Å²) in [6.45, 7) is 4.52. The highest BCUT2D eigenvalue weighted by atomic mass is 19.1. The van der Waals surface area contributed by atoms with Crippen molar-refractivity contribution in [3.05, 3.63) is 33.6 Å². The van der Waals surface area contributed by atoms with E-state index in [2.05, 4.69) is 12.2 Å². The Morgan fingerprint density at radius 2 is 2.00 bits per heavy atom. The Morgan fingerprint density at radius 3 is 2.60 bits per heavy atom. The fraction of sp³-hybridized carbons (Fsp3) is 0.600. The number of nitrogens with zero attached hydrogens (tertiary/aromatic N) is 1. The van der Waals surface area contributed by atoms with E-state index in [0.29, 0.717) is 17.8 Å². The number of anilines is 1. The fourth-order valence-corrected chi connectivity index (χ4v) is 2.85. The van der Waals surface area contributed by atoms with Gasteiger partial charge in [-0.05, 0) is 36.8 Å². The third kappa shape index (κ3) is 3.26. The second-order valence-electron chi connectivity index (χ2n) is 6.10. The first kappa shape index (κ1) is 14.8. The molecular weight excluding hydrogens is 259 g/mol. The second-order valence-corrected chi connectivity index (χ2v) is 6.10. The topological polar surface area (TPSA) is 55.2 Å². The molecule has 0 unspecified atom stereocenters. The van der Waals surface area contributed by atoms with E-state index in [1.165, 1.54) is 25.3 Å². The van der Waals surface area contributed by atoms with Crippen molar-refractivity contribution in [3.63, 3.8) is 0 Å². The van der Waals surface area contributed by atoms with E-state index in [1.54, 1.807) is 6.92 Å². The van der Waals surface area contributed by atoms with Crippen molar-refractivity contribution in [1.82, 2.24) is 0 Å². The number of nitro groups is 1. The number of nitro benzene ring substituents is 1. The highest BCUT2D eigenvalue weighted by molar-refractivity contribution is 5.63. The van der Waals surface area contributed by atoms with Gasteiger partial charge in [0, 0.05) is 6.54 Å². The van der Waals surface area contributed by atoms with Crippen LogP contribution in [0.2, 0.25) is 0 Å². The fourth-order valence-electron chi connectivity index (χ4n) is 2.85. The summed E-state index contributed by atoms with van der Waals surface area (Å²) in [6, 6.07) is 2.53. The summed E-state index contributed by atoms with van der Waals surface area (Å²) in [5.41, 5.74) is 0.828. The highest BCUT2D eigenvalue weighted by Gasteiger charge is 2.27. The Kier molecular flexibility index (Phi) is 4.26. The molecule has 0 aromatic heterocycles. The van der Waals surface area contributed by atoms with Gasteiger partial charge in [-0.15, -0.1) is 0 Å². The van der Waals surface area contributed by atoms with Crippen molar-refractivity contribution < 1.29 is 9.31 Å². The molecule has 1 aliphatic carbocycles. The first-order chi connectivity index (χ1) is 9.41. The zero-order valence-electron chi connectivity index (χ0n) is 12.0. The summed E-state index contributed by atoms with van der Waals surface area (Å²) in [7, 11) is 0. The van der Waals surface area contributed by atoms with Crippen LogP contribution in [0.15, 0.2) is 12.1 Å². The summed E-state index contributed by atoms with van der Waals surface area (Å²) < 4.78 is 13.5. The van der Waals surface area contributed by atoms with Gasteiger partial charge < -0.3 is 5.32 Å². The van der Waals surface area contributed by atoms with Gasteiger partial charge in [0.1, 0.15) is 11.5 Å². The van der Waals surface area contributed by atoms with Gasteiger partial charge in [-0.25, -0.2) is 4.39 Å². The summed E-state index contributed by atoms with van der Waals surface area (Å²) in [5, 5.41) is 14.2.